The molecule has 6 nitrogen and oxygen atoms in total. The van der Waals surface area contributed by atoms with Crippen LogP contribution in [0.4, 0.5) is 0 Å². The average molecular weight is 354 g/mol. The summed E-state index contributed by atoms with van der Waals surface area (Å²) in [6.07, 6.45) is 0.578. The molecule has 2 aromatic rings. The highest BCUT2D eigenvalue weighted by atomic mass is 16.5. The van der Waals surface area contributed by atoms with Gasteiger partial charge in [0.25, 0.3) is 5.56 Å². The van der Waals surface area contributed by atoms with Gasteiger partial charge in [-0.15, -0.1) is 0 Å². The molecule has 1 N–H and O–H groups in total. The molecule has 26 heavy (non-hydrogen) atoms. The molecule has 1 aromatic carbocycles. The van der Waals surface area contributed by atoms with E-state index in [2.05, 4.69) is 0 Å². The van der Waals surface area contributed by atoms with Crippen LogP contribution in [0.1, 0.15) is 46.0 Å². The summed E-state index contributed by atoms with van der Waals surface area (Å²) in [6, 6.07) is 7.32. The zero-order chi connectivity index (χ0) is 19.4. The van der Waals surface area contributed by atoms with Crippen molar-refractivity contribution in [2.75, 3.05) is 6.61 Å². The Morgan fingerprint density at radius 2 is 1.96 bits per heavy atom. The molecule has 0 saturated heterocycles. The number of rotatable bonds is 6. The molecule has 1 aromatic heterocycles. The molecular weight excluding hydrogens is 332 g/mol. The third-order valence-electron chi connectivity index (χ3n) is 4.37. The van der Waals surface area contributed by atoms with Crippen molar-refractivity contribution in [2.24, 2.45) is 0 Å². The quantitative estimate of drug-likeness (QED) is 0.805. The summed E-state index contributed by atoms with van der Waals surface area (Å²) in [5.41, 5.74) is 1.57. The second kappa shape index (κ2) is 7.87. The summed E-state index contributed by atoms with van der Waals surface area (Å²) < 4.78 is 6.60. The number of nitrogens with zero attached hydrogens (tertiary/aromatic N) is 2. The van der Waals surface area contributed by atoms with Crippen molar-refractivity contribution >= 4 is 5.78 Å². The SMILES string of the molecule is CCCn1c(O)c(C(=O)COc2ccc(C)c(C)c2)c(C)c(C#N)c1=O. The highest BCUT2D eigenvalue weighted by molar-refractivity contribution is 6.01. The van der Waals surface area contributed by atoms with Crippen LogP contribution in [-0.2, 0) is 6.54 Å². The van der Waals surface area contributed by atoms with Crippen molar-refractivity contribution in [3.05, 3.63) is 56.4 Å². The molecule has 0 spiro atoms. The largest absolute Gasteiger partial charge is 0.494 e. The summed E-state index contributed by atoms with van der Waals surface area (Å²) in [5, 5.41) is 19.7. The van der Waals surface area contributed by atoms with E-state index in [0.29, 0.717) is 12.2 Å². The monoisotopic (exact) mass is 354 g/mol. The fourth-order valence-corrected chi connectivity index (χ4v) is 2.74. The van der Waals surface area contributed by atoms with Crippen LogP contribution in [-0.4, -0.2) is 22.1 Å². The number of aromatic hydroxyl groups is 1. The predicted molar refractivity (Wildman–Crippen MR) is 97.9 cm³/mol. The maximum absolute atomic E-state index is 12.6. The fourth-order valence-electron chi connectivity index (χ4n) is 2.74. The van der Waals surface area contributed by atoms with E-state index in [9.17, 15) is 20.0 Å². The minimum absolute atomic E-state index is 0.0431. The molecule has 0 radical (unpaired) electrons. The molecule has 0 aliphatic carbocycles. The third kappa shape index (κ3) is 3.62. The number of carbonyl (C=O) groups excluding carboxylic acids is 1. The van der Waals surface area contributed by atoms with Gasteiger partial charge < -0.3 is 9.84 Å². The van der Waals surface area contributed by atoms with Crippen LogP contribution in [0.3, 0.4) is 0 Å². The molecular formula is C20H22N2O4. The second-order valence-corrected chi connectivity index (χ2v) is 6.23. The van der Waals surface area contributed by atoms with Crippen LogP contribution in [0, 0.1) is 32.1 Å². The Hall–Kier alpha value is -3.07. The van der Waals surface area contributed by atoms with Crippen molar-refractivity contribution in [1.82, 2.24) is 4.57 Å². The number of ketones is 1. The number of pyridine rings is 1. The van der Waals surface area contributed by atoms with Crippen LogP contribution in [0.25, 0.3) is 0 Å². The summed E-state index contributed by atoms with van der Waals surface area (Å²) in [7, 11) is 0. The van der Waals surface area contributed by atoms with Crippen LogP contribution < -0.4 is 10.3 Å². The van der Waals surface area contributed by atoms with Gasteiger partial charge in [-0.25, -0.2) is 0 Å². The standard InChI is InChI=1S/C20H22N2O4/c1-5-8-22-19(24)16(10-21)14(4)18(20(22)25)17(23)11-26-15-7-6-12(2)13(3)9-15/h6-7,9,25H,5,8,11H2,1-4H3. The molecule has 136 valence electrons. The van der Waals surface area contributed by atoms with E-state index in [4.69, 9.17) is 4.74 Å². The van der Waals surface area contributed by atoms with Gasteiger partial charge in [0.2, 0.25) is 11.7 Å². The Kier molecular flexibility index (Phi) is 5.83. The third-order valence-corrected chi connectivity index (χ3v) is 4.37. The van der Waals surface area contributed by atoms with Gasteiger partial charge >= 0.3 is 0 Å². The first-order chi connectivity index (χ1) is 12.3. The fraction of sp³-hybridized carbons (Fsp3) is 0.350. The lowest BCUT2D eigenvalue weighted by Gasteiger charge is -2.15. The molecule has 0 saturated carbocycles. The number of ether oxygens (including phenoxy) is 1. The van der Waals surface area contributed by atoms with Crippen molar-refractivity contribution in [2.45, 2.75) is 40.7 Å². The summed E-state index contributed by atoms with van der Waals surface area (Å²) in [6.45, 7) is 7.16. The summed E-state index contributed by atoms with van der Waals surface area (Å²) in [5.74, 6) is -0.359. The van der Waals surface area contributed by atoms with Crippen LogP contribution in [0.15, 0.2) is 23.0 Å². The molecule has 0 aliphatic rings. The highest BCUT2D eigenvalue weighted by Crippen LogP contribution is 2.23. The minimum atomic E-state index is -0.587. The minimum Gasteiger partial charge on any atom is -0.494 e. The zero-order valence-electron chi connectivity index (χ0n) is 15.4. The number of nitriles is 1. The molecule has 0 bridgehead atoms. The molecule has 2 rings (SSSR count). The van der Waals surface area contributed by atoms with Gasteiger partial charge in [-0.2, -0.15) is 5.26 Å². The summed E-state index contributed by atoms with van der Waals surface area (Å²) in [4.78, 5) is 24.9. The predicted octanol–water partition coefficient (Wildman–Crippen LogP) is 3.02. The van der Waals surface area contributed by atoms with Crippen LogP contribution in [0.2, 0.25) is 0 Å². The van der Waals surface area contributed by atoms with Crippen molar-refractivity contribution in [1.29, 1.82) is 5.26 Å². The first-order valence-corrected chi connectivity index (χ1v) is 8.41. The van der Waals surface area contributed by atoms with E-state index in [0.717, 1.165) is 15.7 Å². The van der Waals surface area contributed by atoms with Gasteiger partial charge in [0.15, 0.2) is 6.61 Å². The normalized spacial score (nSPS) is 10.4. The van der Waals surface area contributed by atoms with E-state index < -0.39 is 17.2 Å². The number of carbonyl (C=O) groups is 1. The van der Waals surface area contributed by atoms with Crippen molar-refractivity contribution in [3.63, 3.8) is 0 Å². The summed E-state index contributed by atoms with van der Waals surface area (Å²) >= 11 is 0. The zero-order valence-corrected chi connectivity index (χ0v) is 15.4. The van der Waals surface area contributed by atoms with Gasteiger partial charge in [0.1, 0.15) is 17.4 Å². The van der Waals surface area contributed by atoms with E-state index in [1.54, 1.807) is 6.07 Å². The number of hydrogen-bond donors (Lipinski definition) is 1. The maximum atomic E-state index is 12.6. The Balaban J connectivity index is 2.39. The number of Topliss-reactive ketones (excluding diaryl/α,β-unsaturated/α-hetero) is 1. The maximum Gasteiger partial charge on any atom is 0.271 e. The molecule has 0 fully saturated rings. The Labute approximate surface area is 152 Å². The smallest absolute Gasteiger partial charge is 0.271 e. The van der Waals surface area contributed by atoms with Gasteiger partial charge in [0, 0.05) is 6.54 Å². The van der Waals surface area contributed by atoms with Gasteiger partial charge in [-0.1, -0.05) is 13.0 Å². The topological polar surface area (TPSA) is 92.3 Å². The van der Waals surface area contributed by atoms with Gasteiger partial charge in [-0.3, -0.25) is 14.2 Å². The molecule has 6 heteroatoms. The number of aryl methyl sites for hydroxylation is 2. The van der Waals surface area contributed by atoms with Gasteiger partial charge in [-0.05, 0) is 56.0 Å². The van der Waals surface area contributed by atoms with E-state index in [1.807, 2.05) is 39.0 Å². The molecule has 0 aliphatic heterocycles. The second-order valence-electron chi connectivity index (χ2n) is 6.23. The lowest BCUT2D eigenvalue weighted by molar-refractivity contribution is 0.0916. The molecule has 0 unspecified atom stereocenters. The van der Waals surface area contributed by atoms with E-state index in [-0.39, 0.29) is 29.8 Å². The van der Waals surface area contributed by atoms with Crippen LogP contribution >= 0.6 is 0 Å². The first kappa shape index (κ1) is 19.3. The molecule has 0 amide bonds. The van der Waals surface area contributed by atoms with E-state index >= 15 is 0 Å². The van der Waals surface area contributed by atoms with Crippen LogP contribution in [0.5, 0.6) is 11.6 Å². The van der Waals surface area contributed by atoms with Gasteiger partial charge in [0.05, 0.1) is 5.56 Å². The highest BCUT2D eigenvalue weighted by Gasteiger charge is 2.24. The average Bonchev–Trinajstić information content (AvgIpc) is 2.60. The Morgan fingerprint density at radius 3 is 2.54 bits per heavy atom. The first-order valence-electron chi connectivity index (χ1n) is 8.41. The molecule has 0 atom stereocenters. The lowest BCUT2D eigenvalue weighted by atomic mass is 10.0. The van der Waals surface area contributed by atoms with Crippen molar-refractivity contribution < 1.29 is 14.6 Å². The number of benzene rings is 1. The Morgan fingerprint density at radius 1 is 1.27 bits per heavy atom. The van der Waals surface area contributed by atoms with Crippen molar-refractivity contribution in [3.8, 4) is 17.7 Å². The number of hydrogen-bond acceptors (Lipinski definition) is 5. The van der Waals surface area contributed by atoms with E-state index in [1.165, 1.54) is 6.92 Å². The lowest BCUT2D eigenvalue weighted by Crippen LogP contribution is -2.27. The Bertz CT molecular complexity index is 952. The molecule has 1 heterocycles. The number of aromatic nitrogens is 1.